The molecule has 3 heteroatoms. The van der Waals surface area contributed by atoms with Gasteiger partial charge in [0.2, 0.25) is 0 Å². The van der Waals surface area contributed by atoms with E-state index >= 15 is 0 Å². The van der Waals surface area contributed by atoms with Crippen LogP contribution < -0.4 is 5.32 Å². The topological polar surface area (TPSA) is 24.4 Å². The lowest BCUT2D eigenvalue weighted by Crippen LogP contribution is -2.36. The summed E-state index contributed by atoms with van der Waals surface area (Å²) in [6.45, 7) is 7.61. The third kappa shape index (κ3) is 3.77. The fraction of sp³-hybridized carbons (Fsp3) is 0.533. The van der Waals surface area contributed by atoms with Crippen LogP contribution in [0.15, 0.2) is 35.3 Å². The number of thioether (sulfide) groups is 1. The van der Waals surface area contributed by atoms with Crippen LogP contribution >= 0.6 is 11.8 Å². The number of hydrogen-bond donors (Lipinski definition) is 1. The van der Waals surface area contributed by atoms with Gasteiger partial charge in [0.1, 0.15) is 0 Å². The largest absolute Gasteiger partial charge is 0.359 e. The molecule has 0 amide bonds. The third-order valence-corrected chi connectivity index (χ3v) is 4.57. The van der Waals surface area contributed by atoms with Crippen LogP contribution in [0.4, 0.5) is 0 Å². The normalized spacial score (nSPS) is 21.8. The van der Waals surface area contributed by atoms with Gasteiger partial charge < -0.3 is 5.32 Å². The molecule has 0 spiro atoms. The van der Waals surface area contributed by atoms with Gasteiger partial charge in [0, 0.05) is 17.8 Å². The zero-order valence-electron chi connectivity index (χ0n) is 11.4. The van der Waals surface area contributed by atoms with Crippen LogP contribution in [0.2, 0.25) is 0 Å². The Morgan fingerprint density at radius 3 is 2.67 bits per heavy atom. The molecule has 0 aliphatic carbocycles. The number of nitrogens with one attached hydrogen (secondary N) is 1. The lowest BCUT2D eigenvalue weighted by atomic mass is 9.98. The first kappa shape index (κ1) is 13.5. The highest BCUT2D eigenvalue weighted by Gasteiger charge is 2.26. The molecular weight excluding hydrogens is 240 g/mol. The molecule has 98 valence electrons. The first-order valence-corrected chi connectivity index (χ1v) is 7.56. The van der Waals surface area contributed by atoms with Crippen LogP contribution in [-0.2, 0) is 0 Å². The van der Waals surface area contributed by atoms with Gasteiger partial charge in [0.05, 0.1) is 0 Å². The van der Waals surface area contributed by atoms with Gasteiger partial charge in [-0.15, -0.1) is 0 Å². The van der Waals surface area contributed by atoms with E-state index in [0.29, 0.717) is 5.92 Å². The molecule has 1 N–H and O–H groups in total. The SMILES string of the molecule is CC(CCN=C1NC(C)(C)CS1)c1ccccc1. The monoisotopic (exact) mass is 262 g/mol. The summed E-state index contributed by atoms with van der Waals surface area (Å²) in [5.74, 6) is 1.69. The second kappa shape index (κ2) is 5.79. The average Bonchev–Trinajstić information content (AvgIpc) is 2.70. The molecule has 0 bridgehead atoms. The van der Waals surface area contributed by atoms with Crippen molar-refractivity contribution in [2.24, 2.45) is 4.99 Å². The van der Waals surface area contributed by atoms with Crippen molar-refractivity contribution < 1.29 is 0 Å². The number of benzene rings is 1. The lowest BCUT2D eigenvalue weighted by Gasteiger charge is -2.16. The number of hydrogen-bond acceptors (Lipinski definition) is 2. The number of aliphatic imine (C=N–C) groups is 1. The standard InChI is InChI=1S/C15H22N2S/c1-12(13-7-5-4-6-8-13)9-10-16-14-17-15(2,3)11-18-14/h4-8,12H,9-11H2,1-3H3,(H,16,17). The highest BCUT2D eigenvalue weighted by molar-refractivity contribution is 8.14. The van der Waals surface area contributed by atoms with E-state index in [0.717, 1.165) is 23.9 Å². The smallest absolute Gasteiger partial charge is 0.157 e. The molecule has 2 rings (SSSR count). The lowest BCUT2D eigenvalue weighted by molar-refractivity contribution is 0.535. The van der Waals surface area contributed by atoms with E-state index in [4.69, 9.17) is 0 Å². The first-order chi connectivity index (χ1) is 8.57. The predicted octanol–water partition coefficient (Wildman–Crippen LogP) is 3.65. The van der Waals surface area contributed by atoms with Crippen LogP contribution in [0.5, 0.6) is 0 Å². The average molecular weight is 262 g/mol. The fourth-order valence-corrected chi connectivity index (χ4v) is 3.10. The summed E-state index contributed by atoms with van der Waals surface area (Å²) in [5.41, 5.74) is 1.61. The van der Waals surface area contributed by atoms with Crippen molar-refractivity contribution in [2.75, 3.05) is 12.3 Å². The molecule has 1 aliphatic heterocycles. The van der Waals surface area contributed by atoms with Gasteiger partial charge in [-0.05, 0) is 31.7 Å². The van der Waals surface area contributed by atoms with Crippen molar-refractivity contribution in [1.82, 2.24) is 5.32 Å². The van der Waals surface area contributed by atoms with Gasteiger partial charge in [-0.2, -0.15) is 0 Å². The first-order valence-electron chi connectivity index (χ1n) is 6.57. The van der Waals surface area contributed by atoms with Gasteiger partial charge in [-0.25, -0.2) is 0 Å². The van der Waals surface area contributed by atoms with Crippen LogP contribution in [0.3, 0.4) is 0 Å². The minimum absolute atomic E-state index is 0.203. The van der Waals surface area contributed by atoms with Crippen molar-refractivity contribution in [3.05, 3.63) is 35.9 Å². The molecule has 1 aromatic rings. The third-order valence-electron chi connectivity index (χ3n) is 3.20. The fourth-order valence-electron chi connectivity index (χ4n) is 2.00. The summed E-state index contributed by atoms with van der Waals surface area (Å²) in [6.07, 6.45) is 1.11. The molecular formula is C15H22N2S. The number of amidine groups is 1. The molecule has 0 aromatic heterocycles. The van der Waals surface area contributed by atoms with Crippen molar-refractivity contribution >= 4 is 16.9 Å². The Kier molecular flexibility index (Phi) is 4.33. The van der Waals surface area contributed by atoms with Crippen molar-refractivity contribution in [1.29, 1.82) is 0 Å². The van der Waals surface area contributed by atoms with Crippen LogP contribution in [0, 0.1) is 0 Å². The Hall–Kier alpha value is -0.960. The van der Waals surface area contributed by atoms with E-state index in [1.807, 2.05) is 11.8 Å². The molecule has 1 atom stereocenters. The van der Waals surface area contributed by atoms with Gasteiger partial charge in [-0.3, -0.25) is 4.99 Å². The van der Waals surface area contributed by atoms with Gasteiger partial charge in [-0.1, -0.05) is 49.0 Å². The van der Waals surface area contributed by atoms with E-state index in [1.54, 1.807) is 0 Å². The van der Waals surface area contributed by atoms with E-state index < -0.39 is 0 Å². The van der Waals surface area contributed by atoms with Crippen molar-refractivity contribution in [3.63, 3.8) is 0 Å². The quantitative estimate of drug-likeness (QED) is 0.895. The van der Waals surface area contributed by atoms with Crippen LogP contribution in [0.25, 0.3) is 0 Å². The number of rotatable bonds is 4. The van der Waals surface area contributed by atoms with Gasteiger partial charge >= 0.3 is 0 Å². The molecule has 1 fully saturated rings. The number of nitrogens with zero attached hydrogens (tertiary/aromatic N) is 1. The Morgan fingerprint density at radius 2 is 2.06 bits per heavy atom. The summed E-state index contributed by atoms with van der Waals surface area (Å²) in [4.78, 5) is 4.65. The Labute approximate surface area is 114 Å². The maximum atomic E-state index is 4.65. The molecule has 2 nitrogen and oxygen atoms in total. The van der Waals surface area contributed by atoms with Crippen molar-refractivity contribution in [2.45, 2.75) is 38.6 Å². The zero-order valence-corrected chi connectivity index (χ0v) is 12.3. The maximum absolute atomic E-state index is 4.65. The molecule has 1 aliphatic rings. The Balaban J connectivity index is 1.81. The van der Waals surface area contributed by atoms with E-state index in [-0.39, 0.29) is 5.54 Å². The van der Waals surface area contributed by atoms with Crippen molar-refractivity contribution in [3.8, 4) is 0 Å². The summed E-state index contributed by atoms with van der Waals surface area (Å²) in [7, 11) is 0. The Morgan fingerprint density at radius 1 is 1.33 bits per heavy atom. The minimum atomic E-state index is 0.203. The molecule has 18 heavy (non-hydrogen) atoms. The summed E-state index contributed by atoms with van der Waals surface area (Å²) in [5, 5.41) is 4.57. The molecule has 1 saturated heterocycles. The summed E-state index contributed by atoms with van der Waals surface area (Å²) in [6, 6.07) is 10.7. The zero-order chi connectivity index (χ0) is 13.0. The highest BCUT2D eigenvalue weighted by atomic mass is 32.2. The minimum Gasteiger partial charge on any atom is -0.359 e. The second-order valence-corrected chi connectivity index (χ2v) is 6.55. The maximum Gasteiger partial charge on any atom is 0.157 e. The summed E-state index contributed by atoms with van der Waals surface area (Å²) < 4.78 is 0. The summed E-state index contributed by atoms with van der Waals surface area (Å²) >= 11 is 1.84. The van der Waals surface area contributed by atoms with Crippen LogP contribution in [-0.4, -0.2) is 23.0 Å². The van der Waals surface area contributed by atoms with Gasteiger partial charge in [0.15, 0.2) is 5.17 Å². The molecule has 0 saturated carbocycles. The molecule has 1 unspecified atom stereocenters. The van der Waals surface area contributed by atoms with E-state index in [9.17, 15) is 0 Å². The second-order valence-electron chi connectivity index (χ2n) is 5.58. The molecule has 1 heterocycles. The Bertz CT molecular complexity index is 412. The highest BCUT2D eigenvalue weighted by Crippen LogP contribution is 2.23. The van der Waals surface area contributed by atoms with E-state index in [1.165, 1.54) is 5.56 Å². The van der Waals surface area contributed by atoms with Gasteiger partial charge in [0.25, 0.3) is 0 Å². The predicted molar refractivity (Wildman–Crippen MR) is 81.4 cm³/mol. The van der Waals surface area contributed by atoms with E-state index in [2.05, 4.69) is 61.4 Å². The van der Waals surface area contributed by atoms with Crippen LogP contribution in [0.1, 0.15) is 38.7 Å². The molecule has 0 radical (unpaired) electrons. The molecule has 1 aromatic carbocycles.